The molecule has 4 rings (SSSR count). The highest BCUT2D eigenvalue weighted by molar-refractivity contribution is 6.13. The maximum Gasteiger partial charge on any atom is 0.227 e. The molecule has 3 aromatic rings. The van der Waals surface area contributed by atoms with Gasteiger partial charge in [0.15, 0.2) is 0 Å². The van der Waals surface area contributed by atoms with Crippen molar-refractivity contribution in [3.05, 3.63) is 77.6 Å². The lowest BCUT2D eigenvalue weighted by Gasteiger charge is -2.35. The Morgan fingerprint density at radius 2 is 1.81 bits per heavy atom. The summed E-state index contributed by atoms with van der Waals surface area (Å²) in [4.78, 5) is 6.79. The molecule has 1 aliphatic heterocycles. The van der Waals surface area contributed by atoms with Gasteiger partial charge in [0.1, 0.15) is 17.8 Å². The number of rotatable bonds is 4. The lowest BCUT2D eigenvalue weighted by molar-refractivity contribution is 0.413. The highest BCUT2D eigenvalue weighted by atomic mass is 16.5. The zero-order chi connectivity index (χ0) is 19.0. The fourth-order valence-electron chi connectivity index (χ4n) is 3.37. The van der Waals surface area contributed by atoms with Crippen molar-refractivity contribution < 1.29 is 9.15 Å². The highest BCUT2D eigenvalue weighted by Gasteiger charge is 2.32. The number of furan rings is 1. The van der Waals surface area contributed by atoms with E-state index in [9.17, 15) is 0 Å². The first kappa shape index (κ1) is 17.4. The fourth-order valence-corrected chi connectivity index (χ4v) is 3.37. The van der Waals surface area contributed by atoms with Crippen LogP contribution in [0.2, 0.25) is 0 Å². The van der Waals surface area contributed by atoms with Crippen LogP contribution in [-0.2, 0) is 0 Å². The van der Waals surface area contributed by atoms with Crippen molar-refractivity contribution in [2.24, 2.45) is 10.7 Å². The molecular weight excluding hydrogens is 338 g/mol. The minimum atomic E-state index is -0.402. The van der Waals surface area contributed by atoms with E-state index in [0.717, 1.165) is 22.6 Å². The number of nitrogens with zero attached hydrogens (tertiary/aromatic N) is 2. The van der Waals surface area contributed by atoms with Crippen LogP contribution in [0.25, 0.3) is 0 Å². The van der Waals surface area contributed by atoms with Gasteiger partial charge in [-0.3, -0.25) is 0 Å². The minimum Gasteiger partial charge on any atom is -0.496 e. The summed E-state index contributed by atoms with van der Waals surface area (Å²) in [6, 6.07) is 18.1. The lowest BCUT2D eigenvalue weighted by atomic mass is 10.0. The molecule has 0 bridgehead atoms. The smallest absolute Gasteiger partial charge is 0.227 e. The summed E-state index contributed by atoms with van der Waals surface area (Å²) < 4.78 is 11.1. The first-order valence-corrected chi connectivity index (χ1v) is 9.04. The van der Waals surface area contributed by atoms with Gasteiger partial charge in [-0.05, 0) is 41.8 Å². The molecule has 0 amide bonds. The predicted molar refractivity (Wildman–Crippen MR) is 108 cm³/mol. The molecule has 5 nitrogen and oxygen atoms in total. The number of methoxy groups -OCH3 is 1. The number of hydrogen-bond donors (Lipinski definition) is 1. The number of fused-ring (bicyclic) bond motifs is 1. The van der Waals surface area contributed by atoms with Crippen LogP contribution in [0.15, 0.2) is 70.3 Å². The van der Waals surface area contributed by atoms with Gasteiger partial charge >= 0.3 is 0 Å². The largest absolute Gasteiger partial charge is 0.496 e. The summed E-state index contributed by atoms with van der Waals surface area (Å²) >= 11 is 0. The summed E-state index contributed by atoms with van der Waals surface area (Å²) in [5.41, 5.74) is 10.6. The van der Waals surface area contributed by atoms with Crippen LogP contribution in [-0.4, -0.2) is 12.9 Å². The molecule has 0 fully saturated rings. The van der Waals surface area contributed by atoms with E-state index in [-0.39, 0.29) is 0 Å². The number of hydrogen-bond acceptors (Lipinski definition) is 5. The zero-order valence-corrected chi connectivity index (χ0v) is 15.7. The van der Waals surface area contributed by atoms with Gasteiger partial charge in [-0.1, -0.05) is 38.1 Å². The molecule has 0 aliphatic carbocycles. The van der Waals surface area contributed by atoms with E-state index in [2.05, 4.69) is 38.1 Å². The molecule has 0 saturated heterocycles. The molecule has 2 N–H and O–H groups in total. The van der Waals surface area contributed by atoms with Crippen LogP contribution >= 0.6 is 0 Å². The van der Waals surface area contributed by atoms with Crippen molar-refractivity contribution in [2.75, 3.05) is 12.0 Å². The Bertz CT molecular complexity index is 973. The van der Waals surface area contributed by atoms with E-state index in [1.807, 2.05) is 35.2 Å². The van der Waals surface area contributed by atoms with Crippen LogP contribution in [0.3, 0.4) is 0 Å². The number of nitrogens with two attached hydrogens (primary N) is 1. The molecule has 138 valence electrons. The molecule has 2 heterocycles. The third-order valence-electron chi connectivity index (χ3n) is 4.89. The molecule has 0 saturated carbocycles. The average Bonchev–Trinajstić information content (AvgIpc) is 3.17. The van der Waals surface area contributed by atoms with Crippen molar-refractivity contribution >= 4 is 17.4 Å². The zero-order valence-electron chi connectivity index (χ0n) is 15.7. The second-order valence-electron chi connectivity index (χ2n) is 6.88. The van der Waals surface area contributed by atoms with Gasteiger partial charge in [-0.2, -0.15) is 4.99 Å². The van der Waals surface area contributed by atoms with Crippen LogP contribution in [0.5, 0.6) is 5.75 Å². The van der Waals surface area contributed by atoms with Crippen LogP contribution in [0, 0.1) is 0 Å². The second kappa shape index (κ2) is 6.93. The van der Waals surface area contributed by atoms with Crippen molar-refractivity contribution in [1.82, 2.24) is 0 Å². The Hall–Kier alpha value is -3.05. The standard InChI is InChI=1S/C22H23N3O2/c1-14(2)15-8-10-16(11-9-15)25-20(23)18-12-13-27-22(18)24-21(25)17-6-4-5-7-19(17)26-3/h4-14,20H,23H2,1-3H3. The van der Waals surface area contributed by atoms with Crippen molar-refractivity contribution in [3.8, 4) is 5.75 Å². The Kier molecular flexibility index (Phi) is 4.46. The first-order valence-electron chi connectivity index (χ1n) is 9.04. The van der Waals surface area contributed by atoms with Gasteiger partial charge in [0.05, 0.1) is 24.5 Å². The van der Waals surface area contributed by atoms with Gasteiger partial charge in [0.25, 0.3) is 0 Å². The molecular formula is C22H23N3O2. The lowest BCUT2D eigenvalue weighted by Crippen LogP contribution is -2.42. The van der Waals surface area contributed by atoms with Crippen LogP contribution in [0.1, 0.15) is 42.6 Å². The van der Waals surface area contributed by atoms with E-state index in [4.69, 9.17) is 19.9 Å². The van der Waals surface area contributed by atoms with Gasteiger partial charge in [0, 0.05) is 5.69 Å². The maximum atomic E-state index is 6.63. The Morgan fingerprint density at radius 1 is 1.07 bits per heavy atom. The van der Waals surface area contributed by atoms with Gasteiger partial charge < -0.3 is 19.8 Å². The fraction of sp³-hybridized carbons (Fsp3) is 0.227. The summed E-state index contributed by atoms with van der Waals surface area (Å²) in [7, 11) is 1.66. The second-order valence-corrected chi connectivity index (χ2v) is 6.88. The number of amidine groups is 1. The summed E-state index contributed by atoms with van der Waals surface area (Å²) in [6.45, 7) is 4.36. The first-order chi connectivity index (χ1) is 13.1. The molecule has 1 aliphatic rings. The van der Waals surface area contributed by atoms with Gasteiger partial charge in [0.2, 0.25) is 5.88 Å². The van der Waals surface area contributed by atoms with E-state index >= 15 is 0 Å². The van der Waals surface area contributed by atoms with Crippen molar-refractivity contribution in [3.63, 3.8) is 0 Å². The third kappa shape index (κ3) is 3.00. The van der Waals surface area contributed by atoms with Crippen LogP contribution in [0.4, 0.5) is 11.6 Å². The van der Waals surface area contributed by atoms with Crippen molar-refractivity contribution in [1.29, 1.82) is 0 Å². The summed E-state index contributed by atoms with van der Waals surface area (Å²) in [5, 5.41) is 0. The Morgan fingerprint density at radius 3 is 2.52 bits per heavy atom. The predicted octanol–water partition coefficient (Wildman–Crippen LogP) is 4.97. The topological polar surface area (TPSA) is 64.0 Å². The molecule has 27 heavy (non-hydrogen) atoms. The molecule has 1 unspecified atom stereocenters. The van der Waals surface area contributed by atoms with Gasteiger partial charge in [-0.25, -0.2) is 0 Å². The Balaban J connectivity index is 1.87. The van der Waals surface area contributed by atoms with Gasteiger partial charge in [-0.15, -0.1) is 0 Å². The van der Waals surface area contributed by atoms with E-state index in [1.165, 1.54) is 5.56 Å². The van der Waals surface area contributed by atoms with E-state index in [0.29, 0.717) is 17.6 Å². The number of benzene rings is 2. The normalized spacial score (nSPS) is 16.3. The SMILES string of the molecule is COc1ccccc1C1=Nc2occc2C(N)N1c1ccc(C(C)C)cc1. The number of aliphatic imine (C=N–C) groups is 1. The molecule has 0 spiro atoms. The summed E-state index contributed by atoms with van der Waals surface area (Å²) in [6.07, 6.45) is 1.22. The third-order valence-corrected chi connectivity index (χ3v) is 4.89. The average molecular weight is 361 g/mol. The Labute approximate surface area is 159 Å². The molecule has 0 radical (unpaired) electrons. The van der Waals surface area contributed by atoms with E-state index in [1.54, 1.807) is 13.4 Å². The number of ether oxygens (including phenoxy) is 1. The van der Waals surface area contributed by atoms with E-state index < -0.39 is 6.17 Å². The highest BCUT2D eigenvalue weighted by Crippen LogP contribution is 2.39. The monoisotopic (exact) mass is 361 g/mol. The number of anilines is 1. The quantitative estimate of drug-likeness (QED) is 0.713. The molecule has 1 atom stereocenters. The summed E-state index contributed by atoms with van der Waals surface area (Å²) in [5.74, 6) is 2.46. The molecule has 2 aromatic carbocycles. The minimum absolute atomic E-state index is 0.402. The van der Waals surface area contributed by atoms with Crippen molar-refractivity contribution in [2.45, 2.75) is 25.9 Å². The molecule has 1 aromatic heterocycles. The maximum absolute atomic E-state index is 6.63. The molecule has 5 heteroatoms. The van der Waals surface area contributed by atoms with Crippen LogP contribution < -0.4 is 15.4 Å². The number of para-hydroxylation sites is 1.